The third-order valence-electron chi connectivity index (χ3n) is 7.15. The Hall–Kier alpha value is -1.20. The number of nitrogens with one attached hydrogen (secondary N) is 1. The average molecular weight is 338 g/mol. The fraction of sp³-hybridized carbons (Fsp3) is 0.889. The van der Waals surface area contributed by atoms with Crippen molar-refractivity contribution in [1.29, 1.82) is 0 Å². The van der Waals surface area contributed by atoms with Crippen LogP contribution in [0.4, 0.5) is 8.78 Å². The highest BCUT2D eigenvalue weighted by atomic mass is 19.1. The number of carbonyl (C=O) groups excluding carboxylic acids is 2. The molecule has 7 rings (SSSR count). The van der Waals surface area contributed by atoms with Crippen LogP contribution in [0.3, 0.4) is 0 Å². The first-order chi connectivity index (χ1) is 11.2. The van der Waals surface area contributed by atoms with Gasteiger partial charge in [0, 0.05) is 19.1 Å². The molecule has 1 saturated heterocycles. The van der Waals surface area contributed by atoms with Crippen molar-refractivity contribution in [2.24, 2.45) is 16.7 Å². The number of halogens is 2. The number of carbonyl (C=O) groups is 2. The van der Waals surface area contributed by atoms with Crippen molar-refractivity contribution in [2.75, 3.05) is 13.1 Å². The smallest absolute Gasteiger partial charge is 0.229 e. The minimum atomic E-state index is -1.08. The zero-order valence-corrected chi connectivity index (χ0v) is 14.0. The van der Waals surface area contributed by atoms with Crippen LogP contribution < -0.4 is 5.32 Å². The molecule has 0 aromatic carbocycles. The summed E-state index contributed by atoms with van der Waals surface area (Å²) in [4.78, 5) is 27.1. The summed E-state index contributed by atoms with van der Waals surface area (Å²) in [5.41, 5.74) is -3.07. The highest BCUT2D eigenvalue weighted by molar-refractivity contribution is 5.88. The van der Waals surface area contributed by atoms with Crippen molar-refractivity contribution >= 4 is 11.8 Å². The van der Waals surface area contributed by atoms with Gasteiger partial charge in [-0.25, -0.2) is 8.78 Å². The van der Waals surface area contributed by atoms with Gasteiger partial charge in [-0.3, -0.25) is 9.59 Å². The first-order valence-corrected chi connectivity index (χ1v) is 9.13. The standard InChI is InChI=1S/C18H24F2N2O2/c1-11-2-12(21-13(23)15-5-17(19,6-15)7-15)4-22(3-11)14(24)16-8-18(20,9-16)10-16/h11-12H,2-10H2,1H3,(H,21,23). The molecule has 6 saturated carbocycles. The number of hydrogen-bond donors (Lipinski definition) is 1. The first-order valence-electron chi connectivity index (χ1n) is 9.13. The molecule has 7 aliphatic rings. The van der Waals surface area contributed by atoms with Gasteiger partial charge in [0.05, 0.1) is 10.8 Å². The number of likely N-dealkylation sites (tertiary alicyclic amines) is 1. The van der Waals surface area contributed by atoms with Crippen LogP contribution in [0.1, 0.15) is 51.9 Å². The van der Waals surface area contributed by atoms with E-state index in [0.29, 0.717) is 57.5 Å². The second kappa shape index (κ2) is 4.13. The molecule has 4 bridgehead atoms. The zero-order valence-electron chi connectivity index (χ0n) is 14.0. The summed E-state index contributed by atoms with van der Waals surface area (Å²) < 4.78 is 27.4. The molecule has 1 aliphatic heterocycles. The van der Waals surface area contributed by atoms with E-state index in [9.17, 15) is 18.4 Å². The Morgan fingerprint density at radius 1 is 0.958 bits per heavy atom. The van der Waals surface area contributed by atoms with E-state index in [-0.39, 0.29) is 17.9 Å². The highest BCUT2D eigenvalue weighted by Gasteiger charge is 2.74. The Morgan fingerprint density at radius 3 is 2.04 bits per heavy atom. The van der Waals surface area contributed by atoms with Gasteiger partial charge in [-0.15, -0.1) is 0 Å². The maximum Gasteiger partial charge on any atom is 0.229 e. The molecule has 132 valence electrons. The van der Waals surface area contributed by atoms with Crippen molar-refractivity contribution in [3.05, 3.63) is 0 Å². The predicted molar refractivity (Wildman–Crippen MR) is 82.5 cm³/mol. The van der Waals surface area contributed by atoms with E-state index in [4.69, 9.17) is 0 Å². The van der Waals surface area contributed by atoms with Gasteiger partial charge in [0.15, 0.2) is 0 Å². The van der Waals surface area contributed by atoms with Crippen molar-refractivity contribution in [3.63, 3.8) is 0 Å². The van der Waals surface area contributed by atoms with Gasteiger partial charge < -0.3 is 10.2 Å². The van der Waals surface area contributed by atoms with E-state index in [0.717, 1.165) is 6.42 Å². The number of nitrogens with zero attached hydrogens (tertiary/aromatic N) is 1. The average Bonchev–Trinajstić information content (AvgIpc) is 2.36. The molecule has 6 aliphatic carbocycles. The number of alkyl halides is 2. The molecule has 0 aromatic heterocycles. The van der Waals surface area contributed by atoms with Crippen molar-refractivity contribution < 1.29 is 18.4 Å². The van der Waals surface area contributed by atoms with Crippen molar-refractivity contribution in [3.8, 4) is 0 Å². The SMILES string of the molecule is CC1CC(NC(=O)C23CC(F)(C2)C3)CN(C(=O)C23CC(F)(C2)C3)C1. The molecule has 6 heteroatoms. The van der Waals surface area contributed by atoms with Crippen LogP contribution in [0.2, 0.25) is 0 Å². The molecular formula is C18H24F2N2O2. The van der Waals surface area contributed by atoms with E-state index in [1.807, 2.05) is 4.90 Å². The fourth-order valence-corrected chi connectivity index (χ4v) is 6.09. The summed E-state index contributed by atoms with van der Waals surface area (Å²) >= 11 is 0. The summed E-state index contributed by atoms with van der Waals surface area (Å²) in [6, 6.07) is -0.0681. The maximum atomic E-state index is 13.7. The van der Waals surface area contributed by atoms with Crippen LogP contribution in [-0.2, 0) is 9.59 Å². The highest BCUT2D eigenvalue weighted by Crippen LogP contribution is 2.70. The number of piperidine rings is 1. The fourth-order valence-electron chi connectivity index (χ4n) is 6.09. The van der Waals surface area contributed by atoms with E-state index in [2.05, 4.69) is 12.2 Å². The van der Waals surface area contributed by atoms with E-state index in [1.165, 1.54) is 0 Å². The summed E-state index contributed by atoms with van der Waals surface area (Å²) in [6.07, 6.45) is 3.05. The van der Waals surface area contributed by atoms with Crippen LogP contribution in [0, 0.1) is 16.7 Å². The lowest BCUT2D eigenvalue weighted by atomic mass is 9.41. The molecule has 1 heterocycles. The van der Waals surface area contributed by atoms with E-state index < -0.39 is 22.2 Å². The molecule has 0 radical (unpaired) electrons. The van der Waals surface area contributed by atoms with Crippen LogP contribution in [-0.4, -0.2) is 47.2 Å². The molecule has 24 heavy (non-hydrogen) atoms. The second-order valence-corrected chi connectivity index (χ2v) is 9.64. The summed E-state index contributed by atoms with van der Waals surface area (Å²) in [5.74, 6) is 0.336. The van der Waals surface area contributed by atoms with Crippen molar-refractivity contribution in [2.45, 2.75) is 69.2 Å². The molecule has 0 spiro atoms. The lowest BCUT2D eigenvalue weighted by Crippen LogP contribution is -2.72. The van der Waals surface area contributed by atoms with Gasteiger partial charge in [0.2, 0.25) is 11.8 Å². The Balaban J connectivity index is 1.22. The monoisotopic (exact) mass is 338 g/mol. The Labute approximate surface area is 140 Å². The Bertz CT molecular complexity index is 609. The largest absolute Gasteiger partial charge is 0.351 e. The van der Waals surface area contributed by atoms with Gasteiger partial charge >= 0.3 is 0 Å². The van der Waals surface area contributed by atoms with Crippen LogP contribution in [0.5, 0.6) is 0 Å². The Morgan fingerprint density at radius 2 is 1.50 bits per heavy atom. The quantitative estimate of drug-likeness (QED) is 0.857. The maximum absolute atomic E-state index is 13.7. The second-order valence-electron chi connectivity index (χ2n) is 9.64. The first kappa shape index (κ1) is 15.1. The molecule has 1 N–H and O–H groups in total. The van der Waals surface area contributed by atoms with Gasteiger partial charge in [-0.05, 0) is 50.9 Å². The molecule has 2 amide bonds. The summed E-state index contributed by atoms with van der Waals surface area (Å²) in [5, 5.41) is 3.07. The number of rotatable bonds is 3. The molecule has 4 nitrogen and oxygen atoms in total. The third-order valence-corrected chi connectivity index (χ3v) is 7.15. The normalized spacial score (nSPS) is 53.9. The minimum absolute atomic E-state index is 0.0400. The van der Waals surface area contributed by atoms with Crippen LogP contribution in [0.25, 0.3) is 0 Å². The molecule has 0 aromatic rings. The summed E-state index contributed by atoms with van der Waals surface area (Å²) in [6.45, 7) is 3.27. The van der Waals surface area contributed by atoms with Gasteiger partial charge in [-0.1, -0.05) is 6.92 Å². The van der Waals surface area contributed by atoms with Crippen LogP contribution in [0.15, 0.2) is 0 Å². The lowest BCUT2D eigenvalue weighted by molar-refractivity contribution is -0.223. The number of amides is 2. The van der Waals surface area contributed by atoms with Crippen molar-refractivity contribution in [1.82, 2.24) is 10.2 Å². The summed E-state index contributed by atoms with van der Waals surface area (Å²) in [7, 11) is 0. The van der Waals surface area contributed by atoms with Gasteiger partial charge in [0.1, 0.15) is 11.3 Å². The number of hydrogen-bond acceptors (Lipinski definition) is 2. The minimum Gasteiger partial charge on any atom is -0.351 e. The van der Waals surface area contributed by atoms with Gasteiger partial charge in [-0.2, -0.15) is 0 Å². The Kier molecular flexibility index (Phi) is 2.59. The van der Waals surface area contributed by atoms with Crippen LogP contribution >= 0.6 is 0 Å². The molecule has 2 atom stereocenters. The topological polar surface area (TPSA) is 49.4 Å². The lowest BCUT2D eigenvalue weighted by Gasteiger charge is -2.65. The van der Waals surface area contributed by atoms with E-state index in [1.54, 1.807) is 0 Å². The molecular weight excluding hydrogens is 314 g/mol. The third kappa shape index (κ3) is 1.83. The predicted octanol–water partition coefficient (Wildman–Crippen LogP) is 2.12. The zero-order chi connectivity index (χ0) is 17.0. The van der Waals surface area contributed by atoms with Gasteiger partial charge in [0.25, 0.3) is 0 Å². The molecule has 2 unspecified atom stereocenters. The molecule has 7 fully saturated rings. The van der Waals surface area contributed by atoms with E-state index >= 15 is 0 Å².